The van der Waals surface area contributed by atoms with Gasteiger partial charge in [0.2, 0.25) is 5.91 Å². The maximum Gasteiger partial charge on any atom is 0.264 e. The Hall–Kier alpha value is -5.97. The topological polar surface area (TPSA) is 118 Å². The molecule has 2 heterocycles. The highest BCUT2D eigenvalue weighted by Crippen LogP contribution is 2.60. The van der Waals surface area contributed by atoms with Crippen LogP contribution in [0.4, 0.5) is 11.4 Å². The third kappa shape index (κ3) is 7.69. The predicted octanol–water partition coefficient (Wildman–Crippen LogP) is 7.74. The number of carbonyl (C=O) groups excluding carboxylic acids is 3. The van der Waals surface area contributed by atoms with E-state index in [-0.39, 0.29) is 43.2 Å². The van der Waals surface area contributed by atoms with E-state index in [4.69, 9.17) is 14.2 Å². The van der Waals surface area contributed by atoms with E-state index in [9.17, 15) is 14.7 Å². The van der Waals surface area contributed by atoms with Crippen LogP contribution >= 0.6 is 0 Å². The van der Waals surface area contributed by atoms with Crippen LogP contribution in [0.1, 0.15) is 59.8 Å². The maximum atomic E-state index is 15.4. The van der Waals surface area contributed by atoms with Crippen LogP contribution in [0.25, 0.3) is 0 Å². The minimum absolute atomic E-state index is 0.0155. The van der Waals surface area contributed by atoms with E-state index in [0.717, 1.165) is 22.4 Å². The first kappa shape index (κ1) is 40.2. The zero-order chi connectivity index (χ0) is 41.0. The minimum atomic E-state index is -1.49. The van der Waals surface area contributed by atoms with Gasteiger partial charge in [-0.25, -0.2) is 0 Å². The number of aliphatic hydroxyl groups is 1. The van der Waals surface area contributed by atoms with Crippen molar-refractivity contribution in [2.45, 2.75) is 57.4 Å². The maximum absolute atomic E-state index is 15.4. The molecule has 3 amide bonds. The normalized spacial score (nSPS) is 19.9. The van der Waals surface area contributed by atoms with Crippen LogP contribution in [0.3, 0.4) is 0 Å². The molecule has 300 valence electrons. The Kier molecular flexibility index (Phi) is 11.7. The van der Waals surface area contributed by atoms with Crippen molar-refractivity contribution in [2.75, 3.05) is 37.6 Å². The van der Waals surface area contributed by atoms with Gasteiger partial charge < -0.3 is 34.4 Å². The summed E-state index contributed by atoms with van der Waals surface area (Å²) < 4.78 is 18.0. The number of anilines is 2. The lowest BCUT2D eigenvalue weighted by atomic mass is 9.63. The third-order valence-electron chi connectivity index (χ3n) is 11.9. The number of methoxy groups -OCH3 is 2. The fourth-order valence-electron chi connectivity index (χ4n) is 8.98. The molecule has 58 heavy (non-hydrogen) atoms. The van der Waals surface area contributed by atoms with Crippen LogP contribution in [0.15, 0.2) is 127 Å². The van der Waals surface area contributed by atoms with Gasteiger partial charge in [-0.2, -0.15) is 0 Å². The molecule has 2 aliphatic rings. The number of amides is 3. The lowest BCUT2D eigenvalue weighted by Crippen LogP contribution is -2.45. The molecular formula is C48H51N3O7. The summed E-state index contributed by atoms with van der Waals surface area (Å²) in [5.41, 5.74) is 3.07. The van der Waals surface area contributed by atoms with Gasteiger partial charge in [-0.3, -0.25) is 14.4 Å². The fraction of sp³-hybridized carbons (Fsp3) is 0.312. The summed E-state index contributed by atoms with van der Waals surface area (Å²) in [5.74, 6) is -0.146. The standard InChI is InChI=1S/C48H51N3O7/c1-32-44(47(2,3)36-18-23-39(57-5)24-19-36)42(29-43(53)50(26-27-52)30-33-12-8-6-9-13-33)58-48(32)40-28-37(49-45(54)35-16-21-38(56-4)22-17-35)20-25-41(40)51(46(48)55)31-34-14-10-7-11-15-34/h6-25,28,32,42,44,52H,26-27,29-31H2,1-5H3,(H,49,54)/t32-,42+,44-,48+/m0/s1. The van der Waals surface area contributed by atoms with Gasteiger partial charge in [0.05, 0.1) is 45.6 Å². The van der Waals surface area contributed by atoms with Crippen molar-refractivity contribution in [3.8, 4) is 11.5 Å². The van der Waals surface area contributed by atoms with E-state index in [2.05, 4.69) is 19.2 Å². The van der Waals surface area contributed by atoms with Gasteiger partial charge in [-0.1, -0.05) is 93.6 Å². The Labute approximate surface area is 340 Å². The summed E-state index contributed by atoms with van der Waals surface area (Å²) in [6, 6.07) is 39.8. The zero-order valence-electron chi connectivity index (χ0n) is 33.7. The molecule has 0 radical (unpaired) electrons. The number of aliphatic hydroxyl groups excluding tert-OH is 1. The Morgan fingerprint density at radius 2 is 1.45 bits per heavy atom. The Morgan fingerprint density at radius 3 is 2.05 bits per heavy atom. The number of nitrogens with zero attached hydrogens (tertiary/aromatic N) is 2. The second-order valence-electron chi connectivity index (χ2n) is 15.7. The molecule has 0 aromatic heterocycles. The van der Waals surface area contributed by atoms with Gasteiger partial charge in [-0.05, 0) is 76.7 Å². The van der Waals surface area contributed by atoms with Crippen molar-refractivity contribution in [1.29, 1.82) is 0 Å². The van der Waals surface area contributed by atoms with Crippen LogP contribution < -0.4 is 19.7 Å². The molecule has 4 atom stereocenters. The molecule has 2 aliphatic heterocycles. The third-order valence-corrected chi connectivity index (χ3v) is 11.9. The van der Waals surface area contributed by atoms with E-state index in [1.54, 1.807) is 54.4 Å². The highest BCUT2D eigenvalue weighted by Gasteiger charge is 2.66. The van der Waals surface area contributed by atoms with Crippen LogP contribution in [-0.2, 0) is 38.4 Å². The molecule has 1 spiro atoms. The quantitative estimate of drug-likeness (QED) is 0.118. The number of fused-ring (bicyclic) bond motifs is 2. The molecule has 0 bridgehead atoms. The molecule has 0 saturated carbocycles. The SMILES string of the molecule is COc1ccc(C(=O)Nc2ccc3c(c2)[C@@]2(O[C@H](CC(=O)N(CCO)Cc4ccccc4)[C@@H](C(C)(C)c4ccc(OC)cc4)[C@@H]2C)C(=O)N3Cc2ccccc2)cc1. The second-order valence-corrected chi connectivity index (χ2v) is 15.7. The molecule has 0 unspecified atom stereocenters. The summed E-state index contributed by atoms with van der Waals surface area (Å²) in [5, 5.41) is 13.1. The lowest BCUT2D eigenvalue weighted by Gasteiger charge is -2.39. The number of rotatable bonds is 14. The van der Waals surface area contributed by atoms with E-state index in [0.29, 0.717) is 41.3 Å². The number of hydrogen-bond donors (Lipinski definition) is 2. The molecule has 5 aromatic rings. The summed E-state index contributed by atoms with van der Waals surface area (Å²) in [4.78, 5) is 46.8. The van der Waals surface area contributed by atoms with Crippen molar-refractivity contribution >= 4 is 29.1 Å². The first-order chi connectivity index (χ1) is 28.0. The zero-order valence-corrected chi connectivity index (χ0v) is 33.7. The monoisotopic (exact) mass is 781 g/mol. The largest absolute Gasteiger partial charge is 0.497 e. The van der Waals surface area contributed by atoms with Gasteiger partial charge in [0.1, 0.15) is 11.5 Å². The van der Waals surface area contributed by atoms with Crippen molar-refractivity contribution in [3.05, 3.63) is 155 Å². The average Bonchev–Trinajstić information content (AvgIpc) is 3.66. The molecule has 10 heteroatoms. The van der Waals surface area contributed by atoms with E-state index in [1.165, 1.54) is 0 Å². The van der Waals surface area contributed by atoms with Gasteiger partial charge >= 0.3 is 0 Å². The summed E-state index contributed by atoms with van der Waals surface area (Å²) in [7, 11) is 3.20. The van der Waals surface area contributed by atoms with E-state index in [1.807, 2.05) is 104 Å². The van der Waals surface area contributed by atoms with Crippen LogP contribution in [-0.4, -0.2) is 61.2 Å². The van der Waals surface area contributed by atoms with Gasteiger partial charge in [-0.15, -0.1) is 0 Å². The first-order valence-corrected chi connectivity index (χ1v) is 19.7. The highest BCUT2D eigenvalue weighted by molar-refractivity contribution is 6.09. The molecular weight excluding hydrogens is 731 g/mol. The number of ether oxygens (including phenoxy) is 3. The van der Waals surface area contributed by atoms with Crippen LogP contribution in [0, 0.1) is 11.8 Å². The van der Waals surface area contributed by atoms with Crippen molar-refractivity contribution in [1.82, 2.24) is 4.90 Å². The summed E-state index contributed by atoms with van der Waals surface area (Å²) in [6.07, 6.45) is -0.721. The van der Waals surface area contributed by atoms with E-state index < -0.39 is 23.0 Å². The van der Waals surface area contributed by atoms with Crippen molar-refractivity contribution in [3.63, 3.8) is 0 Å². The first-order valence-electron chi connectivity index (χ1n) is 19.7. The number of carbonyl (C=O) groups is 3. The minimum Gasteiger partial charge on any atom is -0.497 e. The number of nitrogens with one attached hydrogen (secondary N) is 1. The Bertz CT molecular complexity index is 2230. The smallest absolute Gasteiger partial charge is 0.264 e. The second kappa shape index (κ2) is 16.9. The van der Waals surface area contributed by atoms with Crippen molar-refractivity contribution in [2.24, 2.45) is 11.8 Å². The predicted molar refractivity (Wildman–Crippen MR) is 224 cm³/mol. The van der Waals surface area contributed by atoms with Gasteiger partial charge in [0.15, 0.2) is 5.60 Å². The van der Waals surface area contributed by atoms with Crippen LogP contribution in [0.5, 0.6) is 11.5 Å². The lowest BCUT2D eigenvalue weighted by molar-refractivity contribution is -0.150. The van der Waals surface area contributed by atoms with Crippen molar-refractivity contribution < 1.29 is 33.7 Å². The van der Waals surface area contributed by atoms with Gasteiger partial charge in [0.25, 0.3) is 11.8 Å². The molecule has 1 fully saturated rings. The summed E-state index contributed by atoms with van der Waals surface area (Å²) >= 11 is 0. The molecule has 1 saturated heterocycles. The number of benzene rings is 5. The summed E-state index contributed by atoms with van der Waals surface area (Å²) in [6.45, 7) is 6.90. The molecule has 5 aromatic carbocycles. The van der Waals surface area contributed by atoms with Crippen LogP contribution in [0.2, 0.25) is 0 Å². The molecule has 2 N–H and O–H groups in total. The Balaban J connectivity index is 1.32. The highest BCUT2D eigenvalue weighted by atomic mass is 16.5. The average molecular weight is 782 g/mol. The number of hydrogen-bond acceptors (Lipinski definition) is 7. The molecule has 7 rings (SSSR count). The molecule has 10 nitrogen and oxygen atoms in total. The van der Waals surface area contributed by atoms with E-state index >= 15 is 4.79 Å². The fourth-order valence-corrected chi connectivity index (χ4v) is 8.98. The molecule has 0 aliphatic carbocycles. The van der Waals surface area contributed by atoms with Gasteiger partial charge in [0, 0.05) is 41.7 Å². The Morgan fingerprint density at radius 1 is 0.845 bits per heavy atom.